The Labute approximate surface area is 93.6 Å². The van der Waals surface area contributed by atoms with E-state index in [1.54, 1.807) is 0 Å². The summed E-state index contributed by atoms with van der Waals surface area (Å²) in [6.45, 7) is 11.5. The second kappa shape index (κ2) is 4.66. The molecular formula is C11H24O3Si. The smallest absolute Gasteiger partial charge is 0.306 e. The average Bonchev–Trinajstić information content (AvgIpc) is 1.96. The molecule has 0 saturated carbocycles. The van der Waals surface area contributed by atoms with Crippen molar-refractivity contribution in [1.29, 1.82) is 0 Å². The molecule has 3 nitrogen and oxygen atoms in total. The summed E-state index contributed by atoms with van der Waals surface area (Å²) in [5.74, 6) is -1.01. The van der Waals surface area contributed by atoms with Crippen LogP contribution in [0.1, 0.15) is 34.1 Å². The first-order valence-corrected chi connectivity index (χ1v) is 8.39. The van der Waals surface area contributed by atoms with Gasteiger partial charge in [0.1, 0.15) is 0 Å². The summed E-state index contributed by atoms with van der Waals surface area (Å²) in [5.41, 5.74) is 0. The van der Waals surface area contributed by atoms with Crippen molar-refractivity contribution in [3.05, 3.63) is 0 Å². The van der Waals surface area contributed by atoms with Crippen LogP contribution in [0.3, 0.4) is 0 Å². The minimum Gasteiger partial charge on any atom is -0.481 e. The number of hydrogen-bond donors (Lipinski definition) is 2. The van der Waals surface area contributed by atoms with E-state index in [2.05, 4.69) is 0 Å². The predicted molar refractivity (Wildman–Crippen MR) is 64.3 cm³/mol. The molecule has 0 fully saturated rings. The van der Waals surface area contributed by atoms with Gasteiger partial charge in [-0.05, 0) is 30.5 Å². The fraction of sp³-hybridized carbons (Fsp3) is 0.909. The van der Waals surface area contributed by atoms with Crippen molar-refractivity contribution < 1.29 is 14.7 Å². The number of carboxylic acid groups (broad SMARTS) is 1. The van der Waals surface area contributed by atoms with E-state index in [1.807, 2.05) is 40.8 Å². The van der Waals surface area contributed by atoms with Gasteiger partial charge in [-0.25, -0.2) is 0 Å². The van der Waals surface area contributed by atoms with Crippen LogP contribution in [0.5, 0.6) is 0 Å². The Hall–Kier alpha value is -0.353. The molecule has 0 aromatic rings. The third-order valence-corrected chi connectivity index (χ3v) is 7.02. The van der Waals surface area contributed by atoms with Gasteiger partial charge >= 0.3 is 5.97 Å². The monoisotopic (exact) mass is 232 g/mol. The van der Waals surface area contributed by atoms with Crippen LogP contribution in [-0.2, 0) is 4.79 Å². The van der Waals surface area contributed by atoms with Gasteiger partial charge in [0, 0.05) is 0 Å². The molecule has 0 bridgehead atoms. The van der Waals surface area contributed by atoms with Gasteiger partial charge in [0.2, 0.25) is 0 Å². The molecule has 1 atom stereocenters. The number of aliphatic carboxylic acids is 1. The van der Waals surface area contributed by atoms with E-state index in [1.165, 1.54) is 0 Å². The van der Waals surface area contributed by atoms with E-state index >= 15 is 0 Å². The Kier molecular flexibility index (Phi) is 4.55. The van der Waals surface area contributed by atoms with Crippen LogP contribution in [-0.4, -0.2) is 24.2 Å². The Morgan fingerprint density at radius 1 is 1.33 bits per heavy atom. The van der Waals surface area contributed by atoms with Gasteiger partial charge in [-0.1, -0.05) is 27.7 Å². The van der Waals surface area contributed by atoms with E-state index in [9.17, 15) is 9.59 Å². The Balaban J connectivity index is 4.75. The zero-order valence-corrected chi connectivity index (χ0v) is 11.7. The van der Waals surface area contributed by atoms with E-state index in [0.717, 1.165) is 0 Å². The summed E-state index contributed by atoms with van der Waals surface area (Å²) in [7, 11) is -2.30. The largest absolute Gasteiger partial charge is 0.481 e. The number of rotatable bonds is 5. The van der Waals surface area contributed by atoms with E-state index < -0.39 is 14.3 Å². The van der Waals surface area contributed by atoms with Crippen molar-refractivity contribution in [2.75, 3.05) is 0 Å². The molecule has 0 aromatic carbocycles. The fourth-order valence-electron chi connectivity index (χ4n) is 1.41. The van der Waals surface area contributed by atoms with Gasteiger partial charge in [-0.15, -0.1) is 0 Å². The predicted octanol–water partition coefficient (Wildman–Crippen LogP) is 2.71. The maximum absolute atomic E-state index is 11.1. The van der Waals surface area contributed by atoms with Crippen LogP contribution in [0, 0.1) is 11.8 Å². The van der Waals surface area contributed by atoms with Gasteiger partial charge in [-0.2, -0.15) is 0 Å². The Bertz CT molecular complexity index is 228. The zero-order valence-electron chi connectivity index (χ0n) is 10.7. The Morgan fingerprint density at radius 2 is 1.73 bits per heavy atom. The van der Waals surface area contributed by atoms with Gasteiger partial charge in [0.25, 0.3) is 0 Å². The third-order valence-electron chi connectivity index (χ3n) is 3.51. The molecule has 0 aliphatic heterocycles. The molecule has 0 heterocycles. The molecule has 2 N–H and O–H groups in total. The van der Waals surface area contributed by atoms with Crippen molar-refractivity contribution in [3.8, 4) is 0 Å². The van der Waals surface area contributed by atoms with Crippen LogP contribution in [0.4, 0.5) is 0 Å². The van der Waals surface area contributed by atoms with Crippen LogP contribution in [0.25, 0.3) is 0 Å². The van der Waals surface area contributed by atoms with Gasteiger partial charge in [-0.3, -0.25) is 4.79 Å². The molecule has 0 aromatic heterocycles. The summed E-state index contributed by atoms with van der Waals surface area (Å²) < 4.78 is 0. The van der Waals surface area contributed by atoms with Crippen molar-refractivity contribution >= 4 is 14.3 Å². The van der Waals surface area contributed by atoms with E-state index in [-0.39, 0.29) is 16.9 Å². The zero-order chi connectivity index (χ0) is 12.4. The lowest BCUT2D eigenvalue weighted by Crippen LogP contribution is -2.41. The molecule has 4 heteroatoms. The normalized spacial score (nSPS) is 15.5. The van der Waals surface area contributed by atoms with Crippen LogP contribution in [0.15, 0.2) is 0 Å². The molecule has 0 rings (SSSR count). The van der Waals surface area contributed by atoms with Gasteiger partial charge in [0.15, 0.2) is 8.32 Å². The molecule has 0 aliphatic carbocycles. The third kappa shape index (κ3) is 3.95. The highest BCUT2D eigenvalue weighted by Gasteiger charge is 2.41. The highest BCUT2D eigenvalue weighted by Crippen LogP contribution is 2.42. The topological polar surface area (TPSA) is 57.5 Å². The van der Waals surface area contributed by atoms with Crippen molar-refractivity contribution in [1.82, 2.24) is 0 Å². The number of carboxylic acids is 1. The molecule has 0 aliphatic rings. The summed E-state index contributed by atoms with van der Waals surface area (Å²) in [4.78, 5) is 21.2. The van der Waals surface area contributed by atoms with Crippen LogP contribution in [0.2, 0.25) is 18.1 Å². The molecule has 0 spiro atoms. The maximum atomic E-state index is 11.1. The lowest BCUT2D eigenvalue weighted by atomic mass is 9.87. The van der Waals surface area contributed by atoms with E-state index in [0.29, 0.717) is 6.42 Å². The highest BCUT2D eigenvalue weighted by molar-refractivity contribution is 6.72. The molecule has 0 unspecified atom stereocenters. The SMILES string of the molecule is CC(C)[C@H](CC(C)(C)[Si](C)(C)O)C(=O)O. The lowest BCUT2D eigenvalue weighted by Gasteiger charge is -2.37. The molecule has 15 heavy (non-hydrogen) atoms. The van der Waals surface area contributed by atoms with Crippen molar-refractivity contribution in [3.63, 3.8) is 0 Å². The molecule has 0 saturated heterocycles. The second-order valence-corrected chi connectivity index (χ2v) is 10.3. The first-order chi connectivity index (χ1) is 6.49. The molecular weight excluding hydrogens is 208 g/mol. The number of hydrogen-bond acceptors (Lipinski definition) is 2. The van der Waals surface area contributed by atoms with E-state index in [4.69, 9.17) is 5.11 Å². The molecule has 90 valence electrons. The second-order valence-electron chi connectivity index (χ2n) is 5.84. The summed E-state index contributed by atoms with van der Waals surface area (Å²) >= 11 is 0. The fourth-order valence-corrected chi connectivity index (χ4v) is 2.13. The summed E-state index contributed by atoms with van der Waals surface area (Å²) in [6, 6.07) is 0. The van der Waals surface area contributed by atoms with Crippen LogP contribution < -0.4 is 0 Å². The van der Waals surface area contributed by atoms with Crippen LogP contribution >= 0.6 is 0 Å². The quantitative estimate of drug-likeness (QED) is 0.717. The van der Waals surface area contributed by atoms with Gasteiger partial charge < -0.3 is 9.90 Å². The molecule has 0 amide bonds. The highest BCUT2D eigenvalue weighted by atomic mass is 28.4. The first kappa shape index (κ1) is 14.6. The summed E-state index contributed by atoms with van der Waals surface area (Å²) in [5, 5.41) is 8.84. The first-order valence-electron chi connectivity index (χ1n) is 5.44. The minimum absolute atomic E-state index is 0.109. The maximum Gasteiger partial charge on any atom is 0.306 e. The number of carbonyl (C=O) groups is 1. The van der Waals surface area contributed by atoms with Crippen molar-refractivity contribution in [2.45, 2.75) is 52.2 Å². The summed E-state index contributed by atoms with van der Waals surface area (Å²) in [6.07, 6.45) is 0.551. The Morgan fingerprint density at radius 3 is 1.93 bits per heavy atom. The standard InChI is InChI=1S/C11H24O3Si/c1-8(2)9(10(12)13)7-11(3,4)15(5,6)14/h8-9,14H,7H2,1-6H3,(H,12,13)/t9-/m0/s1. The average molecular weight is 232 g/mol. The van der Waals surface area contributed by atoms with Crippen molar-refractivity contribution in [2.24, 2.45) is 11.8 Å². The minimum atomic E-state index is -2.30. The molecule has 0 radical (unpaired) electrons. The van der Waals surface area contributed by atoms with Gasteiger partial charge in [0.05, 0.1) is 5.92 Å². The lowest BCUT2D eigenvalue weighted by molar-refractivity contribution is -0.143.